The highest BCUT2D eigenvalue weighted by Crippen LogP contribution is 2.10. The highest BCUT2D eigenvalue weighted by Gasteiger charge is 2.19. The van der Waals surface area contributed by atoms with Gasteiger partial charge in [-0.05, 0) is 49.3 Å². The van der Waals surface area contributed by atoms with Gasteiger partial charge in [0, 0.05) is 32.7 Å². The lowest BCUT2D eigenvalue weighted by molar-refractivity contribution is -0.122. The van der Waals surface area contributed by atoms with Crippen LogP contribution < -0.4 is 5.32 Å². The lowest BCUT2D eigenvalue weighted by Crippen LogP contribution is -2.50. The predicted octanol–water partition coefficient (Wildman–Crippen LogP) is 2.36. The van der Waals surface area contributed by atoms with Crippen molar-refractivity contribution in [1.29, 1.82) is 0 Å². The van der Waals surface area contributed by atoms with Gasteiger partial charge in [-0.1, -0.05) is 13.8 Å². The molecule has 0 unspecified atom stereocenters. The summed E-state index contributed by atoms with van der Waals surface area (Å²) in [5.41, 5.74) is 0. The number of rotatable bonds is 8. The number of H-pyrrole nitrogens is 1. The Labute approximate surface area is 176 Å². The van der Waals surface area contributed by atoms with Gasteiger partial charge in [0.2, 0.25) is 10.7 Å². The average Bonchev–Trinajstić information content (AvgIpc) is 3.25. The summed E-state index contributed by atoms with van der Waals surface area (Å²) in [4.78, 5) is 20.9. The van der Waals surface area contributed by atoms with Crippen molar-refractivity contribution in [2.24, 2.45) is 5.92 Å². The summed E-state index contributed by atoms with van der Waals surface area (Å²) in [6.45, 7) is 11.5. The van der Waals surface area contributed by atoms with E-state index >= 15 is 0 Å². The van der Waals surface area contributed by atoms with Crippen LogP contribution in [-0.2, 0) is 11.5 Å². The Morgan fingerprint density at radius 1 is 1.28 bits per heavy atom. The molecule has 2 aromatic rings. The number of aromatic nitrogens is 3. The van der Waals surface area contributed by atoms with E-state index in [2.05, 4.69) is 39.0 Å². The number of hydrogen-bond donors (Lipinski definition) is 2. The molecule has 0 radical (unpaired) electrons. The molecule has 0 bridgehead atoms. The number of amides is 1. The molecule has 3 heterocycles. The molecule has 8 nitrogen and oxygen atoms in total. The summed E-state index contributed by atoms with van der Waals surface area (Å²) in [7, 11) is 0. The first-order valence-corrected chi connectivity index (χ1v) is 10.4. The van der Waals surface area contributed by atoms with Crippen LogP contribution in [0.25, 0.3) is 12.2 Å². The number of hydrogen-bond acceptors (Lipinski definition) is 6. The maximum atomic E-state index is 12.0. The molecule has 0 aromatic carbocycles. The van der Waals surface area contributed by atoms with Gasteiger partial charge in [0.1, 0.15) is 17.3 Å². The second-order valence-corrected chi connectivity index (χ2v) is 8.20. The van der Waals surface area contributed by atoms with Crippen LogP contribution in [0.3, 0.4) is 0 Å². The SMILES string of the molecule is Cc1ccc(/C=C/c2nc(=S)n(CN3CCN(CC(=O)NCC(C)C)CC3)[nH]2)o1. The first kappa shape index (κ1) is 21.5. The van der Waals surface area contributed by atoms with Gasteiger partial charge in [-0.15, -0.1) is 0 Å². The molecule has 1 fully saturated rings. The number of nitrogens with zero attached hydrogens (tertiary/aromatic N) is 4. The molecule has 0 atom stereocenters. The van der Waals surface area contributed by atoms with Crippen molar-refractivity contribution in [3.8, 4) is 0 Å². The fourth-order valence-electron chi connectivity index (χ4n) is 3.11. The number of aryl methyl sites for hydroxylation is 1. The zero-order valence-electron chi connectivity index (χ0n) is 17.4. The summed E-state index contributed by atoms with van der Waals surface area (Å²) < 4.78 is 7.92. The average molecular weight is 419 g/mol. The Kier molecular flexibility index (Phi) is 7.40. The molecule has 158 valence electrons. The van der Waals surface area contributed by atoms with Crippen LogP contribution in [0.5, 0.6) is 0 Å². The number of carbonyl (C=O) groups excluding carboxylic acids is 1. The first-order valence-electron chi connectivity index (χ1n) is 10.0. The summed E-state index contributed by atoms with van der Waals surface area (Å²) >= 11 is 5.38. The Morgan fingerprint density at radius 3 is 2.66 bits per heavy atom. The largest absolute Gasteiger partial charge is 0.462 e. The highest BCUT2D eigenvalue weighted by molar-refractivity contribution is 7.71. The molecule has 1 aliphatic rings. The van der Waals surface area contributed by atoms with Crippen LogP contribution in [0.4, 0.5) is 0 Å². The Hall–Kier alpha value is -2.23. The van der Waals surface area contributed by atoms with Crippen molar-refractivity contribution in [3.05, 3.63) is 34.2 Å². The van der Waals surface area contributed by atoms with Gasteiger partial charge in [0.15, 0.2) is 0 Å². The molecule has 3 rings (SSSR count). The van der Waals surface area contributed by atoms with E-state index in [0.717, 1.165) is 44.2 Å². The second kappa shape index (κ2) is 10.00. The molecule has 0 saturated carbocycles. The number of nitrogens with one attached hydrogen (secondary N) is 2. The van der Waals surface area contributed by atoms with Crippen LogP contribution in [0.1, 0.15) is 31.2 Å². The fraction of sp³-hybridized carbons (Fsp3) is 0.550. The third kappa shape index (κ3) is 6.66. The maximum Gasteiger partial charge on any atom is 0.234 e. The van der Waals surface area contributed by atoms with Gasteiger partial charge < -0.3 is 9.73 Å². The molecular weight excluding hydrogens is 388 g/mol. The Morgan fingerprint density at radius 2 is 2.00 bits per heavy atom. The van der Waals surface area contributed by atoms with Gasteiger partial charge in [0.25, 0.3) is 0 Å². The van der Waals surface area contributed by atoms with E-state index < -0.39 is 0 Å². The summed E-state index contributed by atoms with van der Waals surface area (Å²) in [5, 5.41) is 6.21. The van der Waals surface area contributed by atoms with Gasteiger partial charge in [-0.25, -0.2) is 4.68 Å². The van der Waals surface area contributed by atoms with Crippen LogP contribution >= 0.6 is 12.2 Å². The molecule has 2 N–H and O–H groups in total. The van der Waals surface area contributed by atoms with Gasteiger partial charge in [-0.3, -0.25) is 19.7 Å². The highest BCUT2D eigenvalue weighted by atomic mass is 32.1. The van der Waals surface area contributed by atoms with Crippen LogP contribution in [0, 0.1) is 17.6 Å². The molecule has 2 aromatic heterocycles. The fourth-order valence-corrected chi connectivity index (χ4v) is 3.32. The smallest absolute Gasteiger partial charge is 0.234 e. The van der Waals surface area contributed by atoms with Crippen molar-refractivity contribution in [2.45, 2.75) is 27.4 Å². The Balaban J connectivity index is 1.47. The van der Waals surface area contributed by atoms with Crippen molar-refractivity contribution < 1.29 is 9.21 Å². The van der Waals surface area contributed by atoms with Crippen molar-refractivity contribution in [1.82, 2.24) is 29.9 Å². The van der Waals surface area contributed by atoms with E-state index in [-0.39, 0.29) is 5.91 Å². The zero-order chi connectivity index (χ0) is 20.8. The molecule has 1 amide bonds. The number of carbonyl (C=O) groups is 1. The number of aromatic amines is 1. The van der Waals surface area contributed by atoms with E-state index in [1.54, 1.807) is 0 Å². The summed E-state index contributed by atoms with van der Waals surface area (Å²) in [6.07, 6.45) is 3.73. The third-order valence-corrected chi connectivity index (χ3v) is 5.06. The molecule has 0 aliphatic carbocycles. The van der Waals surface area contributed by atoms with Gasteiger partial charge in [0.05, 0.1) is 13.2 Å². The molecular formula is C20H30N6O2S. The maximum absolute atomic E-state index is 12.0. The van der Waals surface area contributed by atoms with Gasteiger partial charge >= 0.3 is 0 Å². The lowest BCUT2D eigenvalue weighted by atomic mass is 10.2. The minimum atomic E-state index is 0.103. The van der Waals surface area contributed by atoms with Crippen molar-refractivity contribution in [2.75, 3.05) is 39.3 Å². The Bertz CT molecular complexity index is 889. The van der Waals surface area contributed by atoms with E-state index in [1.165, 1.54) is 0 Å². The quantitative estimate of drug-likeness (QED) is 0.641. The van der Waals surface area contributed by atoms with E-state index in [9.17, 15) is 4.79 Å². The number of piperazine rings is 1. The number of furan rings is 1. The second-order valence-electron chi connectivity index (χ2n) is 7.83. The lowest BCUT2D eigenvalue weighted by Gasteiger charge is -2.34. The summed E-state index contributed by atoms with van der Waals surface area (Å²) in [5.74, 6) is 2.93. The van der Waals surface area contributed by atoms with E-state index in [1.807, 2.05) is 35.9 Å². The molecule has 1 aliphatic heterocycles. The normalized spacial score (nSPS) is 16.1. The topological polar surface area (TPSA) is 82.3 Å². The summed E-state index contributed by atoms with van der Waals surface area (Å²) in [6, 6.07) is 3.84. The monoisotopic (exact) mass is 418 g/mol. The van der Waals surface area contributed by atoms with Gasteiger partial charge in [-0.2, -0.15) is 4.98 Å². The minimum absolute atomic E-state index is 0.103. The van der Waals surface area contributed by atoms with E-state index in [0.29, 0.717) is 29.7 Å². The molecule has 0 spiro atoms. The molecule has 29 heavy (non-hydrogen) atoms. The third-order valence-electron chi connectivity index (χ3n) is 4.74. The molecule has 1 saturated heterocycles. The first-order chi connectivity index (χ1) is 13.9. The predicted molar refractivity (Wildman–Crippen MR) is 116 cm³/mol. The van der Waals surface area contributed by atoms with Crippen LogP contribution in [0.15, 0.2) is 16.5 Å². The van der Waals surface area contributed by atoms with Crippen LogP contribution in [-0.4, -0.2) is 69.7 Å². The van der Waals surface area contributed by atoms with E-state index in [4.69, 9.17) is 16.6 Å². The standard InChI is InChI=1S/C20H30N6O2S/c1-15(2)12-21-19(27)13-24-8-10-25(11-9-24)14-26-20(29)22-18(23-26)7-6-17-5-4-16(3)28-17/h4-7,15H,8-14H2,1-3H3,(H,21,27)(H,22,23,29)/b7-6+. The van der Waals surface area contributed by atoms with Crippen molar-refractivity contribution in [3.63, 3.8) is 0 Å². The van der Waals surface area contributed by atoms with Crippen LogP contribution in [0.2, 0.25) is 0 Å². The van der Waals surface area contributed by atoms with Crippen molar-refractivity contribution >= 4 is 30.3 Å². The minimum Gasteiger partial charge on any atom is -0.462 e. The zero-order valence-corrected chi connectivity index (χ0v) is 18.2. The molecule has 9 heteroatoms.